The summed E-state index contributed by atoms with van der Waals surface area (Å²) in [6.45, 7) is 1.96. The summed E-state index contributed by atoms with van der Waals surface area (Å²) in [7, 11) is -0.281. The molecule has 1 atom stereocenters. The van der Waals surface area contributed by atoms with Crippen LogP contribution in [0, 0.1) is 0 Å². The van der Waals surface area contributed by atoms with E-state index in [9.17, 15) is 8.42 Å². The van der Waals surface area contributed by atoms with Crippen LogP contribution in [-0.2, 0) is 10.0 Å². The standard InChI is InChI=1S/C13H17N3O3S2/c1-9(14-2)12-8-20-13(15-12)16-21(17,18)11-6-4-10(19-3)5-7-11/h4-9,14H,1-3H3,(H,15,16). The number of aromatic nitrogens is 1. The number of methoxy groups -OCH3 is 1. The van der Waals surface area contributed by atoms with Crippen LogP contribution in [0.5, 0.6) is 5.75 Å². The molecule has 0 aliphatic rings. The molecular weight excluding hydrogens is 310 g/mol. The van der Waals surface area contributed by atoms with Crippen LogP contribution in [0.3, 0.4) is 0 Å². The maximum Gasteiger partial charge on any atom is 0.263 e. The van der Waals surface area contributed by atoms with E-state index >= 15 is 0 Å². The Hall–Kier alpha value is -1.64. The van der Waals surface area contributed by atoms with E-state index in [4.69, 9.17) is 4.74 Å². The highest BCUT2D eigenvalue weighted by molar-refractivity contribution is 7.93. The van der Waals surface area contributed by atoms with Crippen molar-refractivity contribution < 1.29 is 13.2 Å². The first-order chi connectivity index (χ1) is 9.96. The van der Waals surface area contributed by atoms with Gasteiger partial charge in [-0.3, -0.25) is 4.72 Å². The maximum absolute atomic E-state index is 12.2. The highest BCUT2D eigenvalue weighted by atomic mass is 32.2. The van der Waals surface area contributed by atoms with E-state index < -0.39 is 10.0 Å². The molecule has 0 bridgehead atoms. The number of rotatable bonds is 6. The average molecular weight is 327 g/mol. The summed E-state index contributed by atoms with van der Waals surface area (Å²) in [4.78, 5) is 4.43. The number of benzene rings is 1. The summed E-state index contributed by atoms with van der Waals surface area (Å²) < 4.78 is 32.0. The largest absolute Gasteiger partial charge is 0.497 e. The quantitative estimate of drug-likeness (QED) is 0.850. The van der Waals surface area contributed by atoms with Crippen LogP contribution in [-0.4, -0.2) is 27.6 Å². The van der Waals surface area contributed by atoms with E-state index in [-0.39, 0.29) is 10.9 Å². The topological polar surface area (TPSA) is 80.3 Å². The number of nitrogens with zero attached hydrogens (tertiary/aromatic N) is 1. The smallest absolute Gasteiger partial charge is 0.263 e. The van der Waals surface area contributed by atoms with E-state index in [2.05, 4.69) is 15.0 Å². The lowest BCUT2D eigenvalue weighted by molar-refractivity contribution is 0.414. The minimum absolute atomic E-state index is 0.0699. The molecule has 114 valence electrons. The fraction of sp³-hybridized carbons (Fsp3) is 0.308. The SMILES string of the molecule is CNC(C)c1csc(NS(=O)(=O)c2ccc(OC)cc2)n1. The molecule has 0 aliphatic carbocycles. The second-order valence-electron chi connectivity index (χ2n) is 4.37. The number of nitrogens with one attached hydrogen (secondary N) is 2. The number of anilines is 1. The number of hydrogen-bond donors (Lipinski definition) is 2. The molecule has 1 unspecified atom stereocenters. The Morgan fingerprint density at radius 1 is 1.29 bits per heavy atom. The fourth-order valence-corrected chi connectivity index (χ4v) is 3.67. The fourth-order valence-electron chi connectivity index (χ4n) is 1.61. The van der Waals surface area contributed by atoms with Crippen LogP contribution in [0.25, 0.3) is 0 Å². The highest BCUT2D eigenvalue weighted by Crippen LogP contribution is 2.24. The van der Waals surface area contributed by atoms with Crippen LogP contribution in [0.2, 0.25) is 0 Å². The Bertz CT molecular complexity index is 696. The van der Waals surface area contributed by atoms with Gasteiger partial charge in [0.25, 0.3) is 10.0 Å². The van der Waals surface area contributed by atoms with Crippen molar-refractivity contribution in [2.24, 2.45) is 0 Å². The monoisotopic (exact) mass is 327 g/mol. The van der Waals surface area contributed by atoms with Gasteiger partial charge in [-0.25, -0.2) is 13.4 Å². The lowest BCUT2D eigenvalue weighted by Crippen LogP contribution is -2.14. The van der Waals surface area contributed by atoms with Gasteiger partial charge >= 0.3 is 0 Å². The molecule has 21 heavy (non-hydrogen) atoms. The minimum Gasteiger partial charge on any atom is -0.497 e. The molecule has 8 heteroatoms. The number of ether oxygens (including phenoxy) is 1. The van der Waals surface area contributed by atoms with Gasteiger partial charge in [-0.15, -0.1) is 11.3 Å². The molecule has 2 aromatic rings. The van der Waals surface area contributed by atoms with Crippen LogP contribution >= 0.6 is 11.3 Å². The lowest BCUT2D eigenvalue weighted by atomic mass is 10.3. The number of thiazole rings is 1. The highest BCUT2D eigenvalue weighted by Gasteiger charge is 2.17. The van der Waals surface area contributed by atoms with Crippen LogP contribution in [0.15, 0.2) is 34.5 Å². The molecule has 0 radical (unpaired) electrons. The molecule has 6 nitrogen and oxygen atoms in total. The van der Waals surface area contributed by atoms with Crippen molar-refractivity contribution in [1.82, 2.24) is 10.3 Å². The normalized spacial score (nSPS) is 12.9. The van der Waals surface area contributed by atoms with Crippen molar-refractivity contribution in [3.05, 3.63) is 35.3 Å². The second kappa shape index (κ2) is 6.42. The number of hydrogen-bond acceptors (Lipinski definition) is 6. The molecule has 1 aromatic carbocycles. The first-order valence-electron chi connectivity index (χ1n) is 6.26. The van der Waals surface area contributed by atoms with Crippen LogP contribution in [0.1, 0.15) is 18.7 Å². The third-order valence-electron chi connectivity index (χ3n) is 2.99. The van der Waals surface area contributed by atoms with Gasteiger partial charge < -0.3 is 10.1 Å². The average Bonchev–Trinajstić information content (AvgIpc) is 2.94. The summed E-state index contributed by atoms with van der Waals surface area (Å²) >= 11 is 1.26. The van der Waals surface area contributed by atoms with Gasteiger partial charge in [0.15, 0.2) is 5.13 Å². The van der Waals surface area contributed by atoms with E-state index in [0.29, 0.717) is 10.9 Å². The molecule has 1 aromatic heterocycles. The molecule has 0 aliphatic heterocycles. The summed E-state index contributed by atoms with van der Waals surface area (Å²) in [6, 6.07) is 6.26. The Morgan fingerprint density at radius 2 is 1.95 bits per heavy atom. The van der Waals surface area contributed by atoms with Gasteiger partial charge in [0.05, 0.1) is 17.7 Å². The van der Waals surface area contributed by atoms with E-state index in [1.54, 1.807) is 12.1 Å². The Kier molecular flexibility index (Phi) is 4.81. The van der Waals surface area contributed by atoms with Crippen LogP contribution in [0.4, 0.5) is 5.13 Å². The van der Waals surface area contributed by atoms with Gasteiger partial charge in [-0.05, 0) is 38.2 Å². The van der Waals surface area contributed by atoms with E-state index in [1.807, 2.05) is 19.4 Å². The lowest BCUT2D eigenvalue weighted by Gasteiger charge is -2.07. The van der Waals surface area contributed by atoms with Gasteiger partial charge in [0.1, 0.15) is 5.75 Å². The van der Waals surface area contributed by atoms with E-state index in [0.717, 1.165) is 5.69 Å². The zero-order valence-electron chi connectivity index (χ0n) is 12.0. The Morgan fingerprint density at radius 3 is 2.52 bits per heavy atom. The predicted molar refractivity (Wildman–Crippen MR) is 83.4 cm³/mol. The number of sulfonamides is 1. The van der Waals surface area contributed by atoms with Crippen molar-refractivity contribution in [3.8, 4) is 5.75 Å². The summed E-state index contributed by atoms with van der Waals surface area (Å²) in [5.41, 5.74) is 0.801. The molecule has 0 amide bonds. The summed E-state index contributed by atoms with van der Waals surface area (Å²) in [5.74, 6) is 0.605. The summed E-state index contributed by atoms with van der Waals surface area (Å²) in [5, 5.41) is 5.23. The van der Waals surface area contributed by atoms with Crippen molar-refractivity contribution in [3.63, 3.8) is 0 Å². The van der Waals surface area contributed by atoms with Crippen LogP contribution < -0.4 is 14.8 Å². The zero-order valence-corrected chi connectivity index (χ0v) is 13.6. The van der Waals surface area contributed by atoms with Crippen molar-refractivity contribution in [2.45, 2.75) is 17.9 Å². The molecule has 2 N–H and O–H groups in total. The first kappa shape index (κ1) is 15.7. The van der Waals surface area contributed by atoms with E-state index in [1.165, 1.54) is 30.6 Å². The third kappa shape index (κ3) is 3.72. The predicted octanol–water partition coefficient (Wildman–Crippen LogP) is 2.23. The maximum atomic E-state index is 12.2. The Balaban J connectivity index is 2.18. The molecule has 1 heterocycles. The third-order valence-corrected chi connectivity index (χ3v) is 5.25. The summed E-state index contributed by atoms with van der Waals surface area (Å²) in [6.07, 6.45) is 0. The minimum atomic E-state index is -3.64. The van der Waals surface area contributed by atoms with Crippen molar-refractivity contribution >= 4 is 26.5 Å². The van der Waals surface area contributed by atoms with Gasteiger partial charge in [0.2, 0.25) is 0 Å². The molecule has 2 rings (SSSR count). The van der Waals surface area contributed by atoms with Crippen molar-refractivity contribution in [1.29, 1.82) is 0 Å². The zero-order chi connectivity index (χ0) is 15.5. The first-order valence-corrected chi connectivity index (χ1v) is 8.62. The molecular formula is C13H17N3O3S2. The molecule has 0 saturated carbocycles. The van der Waals surface area contributed by atoms with Gasteiger partial charge in [0, 0.05) is 11.4 Å². The second-order valence-corrected chi connectivity index (χ2v) is 6.91. The Labute approximate surface area is 128 Å². The molecule has 0 spiro atoms. The molecule has 0 fully saturated rings. The van der Waals surface area contributed by atoms with Gasteiger partial charge in [-0.1, -0.05) is 0 Å². The molecule has 0 saturated heterocycles. The van der Waals surface area contributed by atoms with Gasteiger partial charge in [-0.2, -0.15) is 0 Å². The van der Waals surface area contributed by atoms with Crippen molar-refractivity contribution in [2.75, 3.05) is 18.9 Å².